The Morgan fingerprint density at radius 1 is 1.32 bits per heavy atom. The Morgan fingerprint density at radius 2 is 2.09 bits per heavy atom. The molecule has 0 spiro atoms. The van der Waals surface area contributed by atoms with Crippen molar-refractivity contribution in [3.05, 3.63) is 58.1 Å². The first-order valence-corrected chi connectivity index (χ1v) is 7.82. The number of phenolic OH excluding ortho intramolecular Hbond substituents is 1. The number of carbonyl (C=O) groups is 1. The zero-order valence-electron chi connectivity index (χ0n) is 11.8. The van der Waals surface area contributed by atoms with Gasteiger partial charge < -0.3 is 10.0 Å². The highest BCUT2D eigenvalue weighted by molar-refractivity contribution is 7.18. The molecule has 112 valence electrons. The van der Waals surface area contributed by atoms with E-state index in [-0.39, 0.29) is 16.7 Å². The van der Waals surface area contributed by atoms with Gasteiger partial charge in [-0.1, -0.05) is 23.7 Å². The number of hydrogen-bond donors (Lipinski definition) is 1. The second-order valence-corrected chi connectivity index (χ2v) is 6.43. The maximum atomic E-state index is 12.4. The summed E-state index contributed by atoms with van der Waals surface area (Å²) in [6, 6.07) is 12.3. The van der Waals surface area contributed by atoms with Gasteiger partial charge in [-0.3, -0.25) is 4.79 Å². The first-order valence-electron chi connectivity index (χ1n) is 6.63. The predicted octanol–water partition coefficient (Wildman–Crippen LogP) is 3.93. The molecule has 0 saturated heterocycles. The summed E-state index contributed by atoms with van der Waals surface area (Å²) in [6.45, 7) is 0.427. The molecule has 3 aromatic rings. The Labute approximate surface area is 136 Å². The molecule has 0 unspecified atom stereocenters. The van der Waals surface area contributed by atoms with E-state index in [1.54, 1.807) is 29.4 Å². The van der Waals surface area contributed by atoms with Crippen LogP contribution in [-0.2, 0) is 6.54 Å². The summed E-state index contributed by atoms with van der Waals surface area (Å²) in [4.78, 5) is 18.5. The van der Waals surface area contributed by atoms with Gasteiger partial charge in [0.2, 0.25) is 0 Å². The molecule has 2 aromatic carbocycles. The number of aromatic nitrogens is 1. The van der Waals surface area contributed by atoms with Crippen LogP contribution in [0.3, 0.4) is 0 Å². The van der Waals surface area contributed by atoms with E-state index < -0.39 is 0 Å². The number of rotatable bonds is 3. The van der Waals surface area contributed by atoms with Crippen molar-refractivity contribution < 1.29 is 9.90 Å². The number of carbonyl (C=O) groups excluding carboxylic acids is 1. The van der Waals surface area contributed by atoms with Gasteiger partial charge in [0.15, 0.2) is 0 Å². The maximum absolute atomic E-state index is 12.4. The maximum Gasteiger partial charge on any atom is 0.254 e. The second-order valence-electron chi connectivity index (χ2n) is 4.90. The molecule has 22 heavy (non-hydrogen) atoms. The third kappa shape index (κ3) is 2.91. The van der Waals surface area contributed by atoms with Crippen LogP contribution >= 0.6 is 22.9 Å². The van der Waals surface area contributed by atoms with Crippen LogP contribution in [0.25, 0.3) is 10.2 Å². The summed E-state index contributed by atoms with van der Waals surface area (Å²) in [6.07, 6.45) is 0. The molecule has 0 aliphatic heterocycles. The third-order valence-electron chi connectivity index (χ3n) is 3.25. The molecule has 3 rings (SSSR count). The highest BCUT2D eigenvalue weighted by Crippen LogP contribution is 2.25. The minimum atomic E-state index is -0.166. The lowest BCUT2D eigenvalue weighted by Gasteiger charge is -2.15. The number of benzene rings is 2. The lowest BCUT2D eigenvalue weighted by molar-refractivity contribution is 0.0785. The molecular weight excluding hydrogens is 320 g/mol. The number of halogens is 1. The number of para-hydroxylation sites is 1. The average molecular weight is 333 g/mol. The van der Waals surface area contributed by atoms with E-state index in [0.717, 1.165) is 15.2 Å². The van der Waals surface area contributed by atoms with Gasteiger partial charge in [0.1, 0.15) is 10.8 Å². The fraction of sp³-hybridized carbons (Fsp3) is 0.125. The molecule has 1 amide bonds. The summed E-state index contributed by atoms with van der Waals surface area (Å²) >= 11 is 7.42. The molecule has 0 atom stereocenters. The highest BCUT2D eigenvalue weighted by Gasteiger charge is 2.15. The minimum absolute atomic E-state index is 0.0351. The van der Waals surface area contributed by atoms with Crippen molar-refractivity contribution in [3.63, 3.8) is 0 Å². The molecule has 0 fully saturated rings. The number of amides is 1. The molecule has 0 aliphatic rings. The highest BCUT2D eigenvalue weighted by atomic mass is 35.5. The standard InChI is InChI=1S/C16H13ClN2O2S/c1-19(16(21)10-6-7-13(20)11(17)8-10)9-15-18-12-4-2-3-5-14(12)22-15/h2-8,20H,9H2,1H3. The Hall–Kier alpha value is -2.11. The van der Waals surface area contributed by atoms with E-state index in [9.17, 15) is 9.90 Å². The average Bonchev–Trinajstić information content (AvgIpc) is 2.91. The quantitative estimate of drug-likeness (QED) is 0.790. The molecule has 1 heterocycles. The molecule has 0 saturated carbocycles. The van der Waals surface area contributed by atoms with Crippen molar-refractivity contribution >= 4 is 39.1 Å². The summed E-state index contributed by atoms with van der Waals surface area (Å²) in [5.74, 6) is -0.201. The number of aromatic hydroxyl groups is 1. The number of nitrogens with zero attached hydrogens (tertiary/aromatic N) is 2. The van der Waals surface area contributed by atoms with Gasteiger partial charge in [-0.25, -0.2) is 4.98 Å². The minimum Gasteiger partial charge on any atom is -0.506 e. The van der Waals surface area contributed by atoms with Crippen LogP contribution < -0.4 is 0 Å². The van der Waals surface area contributed by atoms with Crippen LogP contribution in [0.15, 0.2) is 42.5 Å². The van der Waals surface area contributed by atoms with Crippen LogP contribution in [0.2, 0.25) is 5.02 Å². The van der Waals surface area contributed by atoms with Crippen molar-refractivity contribution in [1.29, 1.82) is 0 Å². The van der Waals surface area contributed by atoms with Gasteiger partial charge in [-0.05, 0) is 30.3 Å². The second kappa shape index (κ2) is 5.94. The summed E-state index contributed by atoms with van der Waals surface area (Å²) in [5.41, 5.74) is 1.38. The Kier molecular flexibility index (Phi) is 4.00. The summed E-state index contributed by atoms with van der Waals surface area (Å²) < 4.78 is 1.10. The van der Waals surface area contributed by atoms with Crippen LogP contribution in [-0.4, -0.2) is 27.9 Å². The monoisotopic (exact) mass is 332 g/mol. The van der Waals surface area contributed by atoms with Crippen LogP contribution in [0.4, 0.5) is 0 Å². The van der Waals surface area contributed by atoms with E-state index in [1.807, 2.05) is 24.3 Å². The smallest absolute Gasteiger partial charge is 0.254 e. The van der Waals surface area contributed by atoms with Crippen LogP contribution in [0, 0.1) is 0 Å². The first kappa shape index (κ1) is 14.8. The van der Waals surface area contributed by atoms with E-state index in [1.165, 1.54) is 12.1 Å². The summed E-state index contributed by atoms with van der Waals surface area (Å²) in [7, 11) is 1.72. The van der Waals surface area contributed by atoms with Crippen molar-refractivity contribution in [2.24, 2.45) is 0 Å². The summed E-state index contributed by atoms with van der Waals surface area (Å²) in [5, 5.41) is 10.5. The third-order valence-corrected chi connectivity index (χ3v) is 4.58. The molecule has 6 heteroatoms. The molecule has 0 radical (unpaired) electrons. The van der Waals surface area contributed by atoms with E-state index >= 15 is 0 Å². The lowest BCUT2D eigenvalue weighted by Crippen LogP contribution is -2.26. The van der Waals surface area contributed by atoms with E-state index in [2.05, 4.69) is 4.98 Å². The van der Waals surface area contributed by atoms with Gasteiger partial charge in [-0.2, -0.15) is 0 Å². The molecule has 1 N–H and O–H groups in total. The van der Waals surface area contributed by atoms with Crippen LogP contribution in [0.1, 0.15) is 15.4 Å². The lowest BCUT2D eigenvalue weighted by atomic mass is 10.2. The fourth-order valence-corrected chi connectivity index (χ4v) is 3.32. The number of thiazole rings is 1. The largest absolute Gasteiger partial charge is 0.506 e. The first-order chi connectivity index (χ1) is 10.5. The predicted molar refractivity (Wildman–Crippen MR) is 88.5 cm³/mol. The Morgan fingerprint density at radius 3 is 2.82 bits per heavy atom. The Bertz CT molecular complexity index is 814. The molecule has 0 aliphatic carbocycles. The number of phenols is 1. The van der Waals surface area contributed by atoms with Gasteiger partial charge in [0, 0.05) is 12.6 Å². The van der Waals surface area contributed by atoms with Gasteiger partial charge in [0.05, 0.1) is 21.8 Å². The van der Waals surface area contributed by atoms with E-state index in [4.69, 9.17) is 11.6 Å². The topological polar surface area (TPSA) is 53.4 Å². The molecule has 4 nitrogen and oxygen atoms in total. The number of hydrogen-bond acceptors (Lipinski definition) is 4. The SMILES string of the molecule is CN(Cc1nc2ccccc2s1)C(=O)c1ccc(O)c(Cl)c1. The van der Waals surface area contributed by atoms with Crippen molar-refractivity contribution in [1.82, 2.24) is 9.88 Å². The fourth-order valence-electron chi connectivity index (χ4n) is 2.12. The normalized spacial score (nSPS) is 10.8. The van der Waals surface area contributed by atoms with Gasteiger partial charge in [0.25, 0.3) is 5.91 Å². The zero-order chi connectivity index (χ0) is 15.7. The molecule has 1 aromatic heterocycles. The number of fused-ring (bicyclic) bond motifs is 1. The molecule has 0 bridgehead atoms. The van der Waals surface area contributed by atoms with Crippen molar-refractivity contribution in [2.45, 2.75) is 6.54 Å². The van der Waals surface area contributed by atoms with Gasteiger partial charge >= 0.3 is 0 Å². The van der Waals surface area contributed by atoms with E-state index in [0.29, 0.717) is 12.1 Å². The van der Waals surface area contributed by atoms with Crippen LogP contribution in [0.5, 0.6) is 5.75 Å². The molecular formula is C16H13ClN2O2S. The van der Waals surface area contributed by atoms with Gasteiger partial charge in [-0.15, -0.1) is 11.3 Å². The Balaban J connectivity index is 1.79. The van der Waals surface area contributed by atoms with Crippen molar-refractivity contribution in [2.75, 3.05) is 7.05 Å². The zero-order valence-corrected chi connectivity index (χ0v) is 13.4. The van der Waals surface area contributed by atoms with Crippen molar-refractivity contribution in [3.8, 4) is 5.75 Å².